The van der Waals surface area contributed by atoms with Crippen molar-refractivity contribution in [3.05, 3.63) is 47.2 Å². The monoisotopic (exact) mass is 384 g/mol. The highest BCUT2D eigenvalue weighted by molar-refractivity contribution is 7.99. The van der Waals surface area contributed by atoms with Gasteiger partial charge in [0, 0.05) is 35.3 Å². The Kier molecular flexibility index (Phi) is 5.70. The normalized spacial score (nSPS) is 13.3. The molecule has 2 N–H and O–H groups in total. The van der Waals surface area contributed by atoms with E-state index in [1.165, 1.54) is 0 Å². The van der Waals surface area contributed by atoms with Crippen LogP contribution in [0.15, 0.2) is 35.4 Å². The quantitative estimate of drug-likeness (QED) is 0.839. The van der Waals surface area contributed by atoms with Gasteiger partial charge in [-0.1, -0.05) is 6.07 Å². The van der Waals surface area contributed by atoms with Gasteiger partial charge in [0.2, 0.25) is 0 Å². The predicted octanol–water partition coefficient (Wildman–Crippen LogP) is 3.98. The number of rotatable bonds is 3. The van der Waals surface area contributed by atoms with Crippen LogP contribution in [0.3, 0.4) is 0 Å². The zero-order valence-corrected chi connectivity index (χ0v) is 16.8. The van der Waals surface area contributed by atoms with Crippen molar-refractivity contribution in [2.75, 3.05) is 22.5 Å². The van der Waals surface area contributed by atoms with Gasteiger partial charge >= 0.3 is 6.03 Å². The first-order valence-corrected chi connectivity index (χ1v) is 9.94. The van der Waals surface area contributed by atoms with Crippen molar-refractivity contribution in [2.45, 2.75) is 38.8 Å². The van der Waals surface area contributed by atoms with Crippen LogP contribution in [-0.4, -0.2) is 35.3 Å². The van der Waals surface area contributed by atoms with Crippen molar-refractivity contribution >= 4 is 35.1 Å². The van der Waals surface area contributed by atoms with E-state index in [0.717, 1.165) is 27.7 Å². The summed E-state index contributed by atoms with van der Waals surface area (Å²) in [5, 5.41) is 6.66. The van der Waals surface area contributed by atoms with E-state index in [1.807, 2.05) is 33.8 Å². The average Bonchev–Trinajstić information content (AvgIpc) is 2.60. The summed E-state index contributed by atoms with van der Waals surface area (Å²) in [6.45, 7) is 8.39. The van der Waals surface area contributed by atoms with Crippen LogP contribution in [0.2, 0.25) is 0 Å². The largest absolute Gasteiger partial charge is 0.350 e. The summed E-state index contributed by atoms with van der Waals surface area (Å²) in [7, 11) is 0. The van der Waals surface area contributed by atoms with Crippen LogP contribution in [0.25, 0.3) is 0 Å². The molecule has 27 heavy (non-hydrogen) atoms. The molecule has 2 aromatic rings. The molecule has 142 valence electrons. The van der Waals surface area contributed by atoms with Crippen LogP contribution in [-0.2, 0) is 0 Å². The summed E-state index contributed by atoms with van der Waals surface area (Å²) in [6, 6.07) is 8.79. The summed E-state index contributed by atoms with van der Waals surface area (Å²) in [6.07, 6.45) is 0. The molecule has 1 aromatic carbocycles. The smallest absolute Gasteiger partial charge is 0.326 e. The van der Waals surface area contributed by atoms with Crippen molar-refractivity contribution in [3.63, 3.8) is 0 Å². The number of aromatic nitrogens is 1. The Morgan fingerprint density at radius 3 is 2.74 bits per heavy atom. The van der Waals surface area contributed by atoms with Crippen molar-refractivity contribution < 1.29 is 9.59 Å². The Balaban J connectivity index is 1.81. The van der Waals surface area contributed by atoms with Gasteiger partial charge in [0.25, 0.3) is 5.91 Å². The molecule has 0 saturated carbocycles. The second kappa shape index (κ2) is 8.00. The number of nitrogens with one attached hydrogen (secondary N) is 2. The van der Waals surface area contributed by atoms with Crippen LogP contribution >= 0.6 is 11.8 Å². The lowest BCUT2D eigenvalue weighted by molar-refractivity contribution is 0.0943. The van der Waals surface area contributed by atoms with Crippen LogP contribution in [0.4, 0.5) is 16.2 Å². The van der Waals surface area contributed by atoms with Crippen LogP contribution < -0.4 is 15.5 Å². The van der Waals surface area contributed by atoms with Gasteiger partial charge in [-0.15, -0.1) is 11.8 Å². The minimum absolute atomic E-state index is 0.0528. The number of pyridine rings is 1. The molecule has 3 amide bonds. The number of hydrogen-bond acceptors (Lipinski definition) is 4. The molecule has 0 atom stereocenters. The third-order valence-electron chi connectivity index (χ3n) is 4.14. The Hall–Kier alpha value is -2.54. The third-order valence-corrected chi connectivity index (χ3v) is 5.09. The molecule has 7 heteroatoms. The number of carbonyl (C=O) groups excluding carboxylic acids is 2. The number of carbonyl (C=O) groups is 2. The minimum atomic E-state index is -0.216. The van der Waals surface area contributed by atoms with Crippen molar-refractivity contribution in [2.24, 2.45) is 0 Å². The summed E-state index contributed by atoms with van der Waals surface area (Å²) < 4.78 is 0. The molecule has 2 heterocycles. The fourth-order valence-corrected chi connectivity index (χ4v) is 4.13. The molecule has 0 fully saturated rings. The van der Waals surface area contributed by atoms with Gasteiger partial charge in [0.1, 0.15) is 5.03 Å². The van der Waals surface area contributed by atoms with Gasteiger partial charge < -0.3 is 10.6 Å². The fraction of sp³-hybridized carbons (Fsp3) is 0.350. The lowest BCUT2D eigenvalue weighted by Crippen LogP contribution is -2.39. The van der Waals surface area contributed by atoms with E-state index in [2.05, 4.69) is 15.6 Å². The SMILES string of the molecule is Cc1cc(C)c2c(n1)SCCN2C(=O)Nc1cccc(C(=O)NC(C)C)c1. The zero-order chi connectivity index (χ0) is 19.6. The highest BCUT2D eigenvalue weighted by Gasteiger charge is 2.26. The molecule has 0 aliphatic carbocycles. The summed E-state index contributed by atoms with van der Waals surface area (Å²) in [5.41, 5.74) is 3.95. The maximum atomic E-state index is 12.9. The first-order valence-electron chi connectivity index (χ1n) is 8.95. The third kappa shape index (κ3) is 4.42. The number of hydrogen-bond donors (Lipinski definition) is 2. The molecule has 3 rings (SSSR count). The molecule has 0 radical (unpaired) electrons. The van der Waals surface area contributed by atoms with Crippen molar-refractivity contribution in [1.29, 1.82) is 0 Å². The number of amides is 3. The summed E-state index contributed by atoms with van der Waals surface area (Å²) >= 11 is 1.67. The summed E-state index contributed by atoms with van der Waals surface area (Å²) in [4.78, 5) is 31.4. The highest BCUT2D eigenvalue weighted by Crippen LogP contribution is 2.36. The van der Waals surface area contributed by atoms with Crippen molar-refractivity contribution in [1.82, 2.24) is 10.3 Å². The molecular weight excluding hydrogens is 360 g/mol. The number of thioether (sulfide) groups is 1. The molecule has 0 bridgehead atoms. The van der Waals surface area contributed by atoms with E-state index < -0.39 is 0 Å². The standard InChI is InChI=1S/C20H24N4O2S/c1-12(2)21-18(25)15-6-5-7-16(11-15)23-20(26)24-8-9-27-19-17(24)13(3)10-14(4)22-19/h5-7,10-12H,8-9H2,1-4H3,(H,21,25)(H,23,26). The molecular formula is C20H24N4O2S. The second-order valence-electron chi connectivity index (χ2n) is 6.87. The molecule has 1 aliphatic rings. The summed E-state index contributed by atoms with van der Waals surface area (Å²) in [5.74, 6) is 0.643. The Bertz CT molecular complexity index is 882. The van der Waals surface area contributed by atoms with Gasteiger partial charge in [0.15, 0.2) is 0 Å². The van der Waals surface area contributed by atoms with E-state index in [1.54, 1.807) is 40.9 Å². The van der Waals surface area contributed by atoms with Crippen LogP contribution in [0.1, 0.15) is 35.5 Å². The molecule has 0 saturated heterocycles. The number of urea groups is 1. The van der Waals surface area contributed by atoms with Gasteiger partial charge in [-0.05, 0) is 57.5 Å². The van der Waals surface area contributed by atoms with E-state index >= 15 is 0 Å². The number of anilines is 2. The Labute approximate surface area is 163 Å². The fourth-order valence-electron chi connectivity index (χ4n) is 3.05. The number of fused-ring (bicyclic) bond motifs is 1. The first kappa shape index (κ1) is 19.2. The topological polar surface area (TPSA) is 74.3 Å². The van der Waals surface area contributed by atoms with E-state index in [0.29, 0.717) is 17.8 Å². The minimum Gasteiger partial charge on any atom is -0.350 e. The first-order chi connectivity index (χ1) is 12.8. The highest BCUT2D eigenvalue weighted by atomic mass is 32.2. The molecule has 1 aliphatic heterocycles. The second-order valence-corrected chi connectivity index (χ2v) is 7.96. The Morgan fingerprint density at radius 1 is 1.22 bits per heavy atom. The maximum absolute atomic E-state index is 12.9. The maximum Gasteiger partial charge on any atom is 0.326 e. The van der Waals surface area contributed by atoms with E-state index in [4.69, 9.17) is 0 Å². The van der Waals surface area contributed by atoms with Gasteiger partial charge in [-0.3, -0.25) is 9.69 Å². The van der Waals surface area contributed by atoms with Crippen LogP contribution in [0, 0.1) is 13.8 Å². The average molecular weight is 385 g/mol. The lowest BCUT2D eigenvalue weighted by Gasteiger charge is -2.30. The van der Waals surface area contributed by atoms with Gasteiger partial charge in [-0.2, -0.15) is 0 Å². The predicted molar refractivity (Wildman–Crippen MR) is 110 cm³/mol. The zero-order valence-electron chi connectivity index (χ0n) is 16.0. The molecule has 0 spiro atoms. The number of nitrogens with zero attached hydrogens (tertiary/aromatic N) is 2. The van der Waals surface area contributed by atoms with Crippen molar-refractivity contribution in [3.8, 4) is 0 Å². The Morgan fingerprint density at radius 2 is 2.00 bits per heavy atom. The van der Waals surface area contributed by atoms with Gasteiger partial charge in [-0.25, -0.2) is 9.78 Å². The van der Waals surface area contributed by atoms with E-state index in [9.17, 15) is 9.59 Å². The molecule has 6 nitrogen and oxygen atoms in total. The van der Waals surface area contributed by atoms with Crippen LogP contribution in [0.5, 0.6) is 0 Å². The number of aryl methyl sites for hydroxylation is 2. The molecule has 0 unspecified atom stereocenters. The lowest BCUT2D eigenvalue weighted by atomic mass is 10.1. The number of benzene rings is 1. The van der Waals surface area contributed by atoms with Gasteiger partial charge in [0.05, 0.1) is 5.69 Å². The van der Waals surface area contributed by atoms with E-state index in [-0.39, 0.29) is 18.0 Å². The molecule has 1 aromatic heterocycles.